The molecule has 0 aliphatic heterocycles. The highest BCUT2D eigenvalue weighted by molar-refractivity contribution is 5.38. The van der Waals surface area contributed by atoms with Crippen molar-refractivity contribution >= 4 is 5.82 Å². The molecule has 0 aromatic carbocycles. The number of hydrogen-bond donors (Lipinski definition) is 2. The average Bonchev–Trinajstić information content (AvgIpc) is 2.16. The van der Waals surface area contributed by atoms with E-state index in [1.165, 1.54) is 0 Å². The number of aromatic nitrogens is 1. The van der Waals surface area contributed by atoms with E-state index < -0.39 is 0 Å². The van der Waals surface area contributed by atoms with Crippen molar-refractivity contribution in [3.8, 4) is 0 Å². The first-order valence-electron chi connectivity index (χ1n) is 4.60. The molecule has 0 saturated heterocycles. The highest BCUT2D eigenvalue weighted by Crippen LogP contribution is 2.10. The summed E-state index contributed by atoms with van der Waals surface area (Å²) in [6, 6.07) is 4.49. The van der Waals surface area contributed by atoms with E-state index in [1.54, 1.807) is 6.20 Å². The number of rotatable bonds is 4. The van der Waals surface area contributed by atoms with Crippen LogP contribution in [0, 0.1) is 0 Å². The third kappa shape index (κ3) is 3.03. The van der Waals surface area contributed by atoms with Crippen molar-refractivity contribution in [2.75, 3.05) is 12.8 Å². The van der Waals surface area contributed by atoms with E-state index in [1.807, 2.05) is 19.2 Å². The Morgan fingerprint density at radius 3 is 3.00 bits per heavy atom. The molecule has 13 heavy (non-hydrogen) atoms. The van der Waals surface area contributed by atoms with Crippen LogP contribution in [0.15, 0.2) is 18.3 Å². The predicted molar refractivity (Wildman–Crippen MR) is 55.5 cm³/mol. The van der Waals surface area contributed by atoms with E-state index in [2.05, 4.69) is 17.2 Å². The van der Waals surface area contributed by atoms with Crippen molar-refractivity contribution in [2.45, 2.75) is 25.8 Å². The maximum absolute atomic E-state index is 5.72. The minimum absolute atomic E-state index is 0.527. The normalized spacial score (nSPS) is 12.8. The van der Waals surface area contributed by atoms with Gasteiger partial charge in [0.1, 0.15) is 5.82 Å². The summed E-state index contributed by atoms with van der Waals surface area (Å²) in [7, 11) is 1.97. The van der Waals surface area contributed by atoms with E-state index in [4.69, 9.17) is 5.73 Å². The van der Waals surface area contributed by atoms with Gasteiger partial charge in [0, 0.05) is 12.2 Å². The van der Waals surface area contributed by atoms with Gasteiger partial charge in [0.2, 0.25) is 0 Å². The fourth-order valence-electron chi connectivity index (χ4n) is 1.18. The molecule has 1 rings (SSSR count). The third-order valence-electron chi connectivity index (χ3n) is 2.27. The van der Waals surface area contributed by atoms with E-state index in [9.17, 15) is 0 Å². The van der Waals surface area contributed by atoms with Gasteiger partial charge in [-0.1, -0.05) is 6.07 Å². The Balaban J connectivity index is 2.50. The molecule has 0 radical (unpaired) electrons. The number of anilines is 1. The van der Waals surface area contributed by atoms with Gasteiger partial charge in [0.05, 0.1) is 0 Å². The first kappa shape index (κ1) is 9.99. The highest BCUT2D eigenvalue weighted by Gasteiger charge is 2.02. The first-order valence-corrected chi connectivity index (χ1v) is 4.60. The maximum atomic E-state index is 5.72. The summed E-state index contributed by atoms with van der Waals surface area (Å²) < 4.78 is 0. The Bertz CT molecular complexity index is 260. The molecule has 3 heteroatoms. The molecule has 0 aliphatic carbocycles. The molecule has 0 amide bonds. The molecule has 0 bridgehead atoms. The highest BCUT2D eigenvalue weighted by atomic mass is 14.9. The second-order valence-electron chi connectivity index (χ2n) is 3.28. The summed E-state index contributed by atoms with van der Waals surface area (Å²) in [4.78, 5) is 4.04. The lowest BCUT2D eigenvalue weighted by molar-refractivity contribution is 0.565. The number of nitrogens with zero attached hydrogens (tertiary/aromatic N) is 1. The van der Waals surface area contributed by atoms with Gasteiger partial charge >= 0.3 is 0 Å². The van der Waals surface area contributed by atoms with Gasteiger partial charge < -0.3 is 11.1 Å². The van der Waals surface area contributed by atoms with Crippen LogP contribution in [0.5, 0.6) is 0 Å². The Kier molecular flexibility index (Phi) is 3.71. The molecule has 72 valence electrons. The first-order chi connectivity index (χ1) is 6.24. The van der Waals surface area contributed by atoms with Crippen LogP contribution >= 0.6 is 0 Å². The lowest BCUT2D eigenvalue weighted by Gasteiger charge is -2.10. The van der Waals surface area contributed by atoms with Gasteiger partial charge in [0.25, 0.3) is 0 Å². The molecule has 0 aliphatic rings. The molecule has 1 unspecified atom stereocenters. The van der Waals surface area contributed by atoms with Crippen molar-refractivity contribution in [1.82, 2.24) is 10.3 Å². The minimum Gasteiger partial charge on any atom is -0.383 e. The zero-order valence-corrected chi connectivity index (χ0v) is 8.25. The average molecular weight is 179 g/mol. The van der Waals surface area contributed by atoms with Crippen LogP contribution < -0.4 is 11.1 Å². The molecule has 1 heterocycles. The predicted octanol–water partition coefficient (Wildman–Crippen LogP) is 1.20. The SMILES string of the molecule is CNC(C)CCc1cccnc1N. The molecule has 1 atom stereocenters. The van der Waals surface area contributed by atoms with Crippen molar-refractivity contribution in [2.24, 2.45) is 0 Å². The van der Waals surface area contributed by atoms with Crippen molar-refractivity contribution in [3.63, 3.8) is 0 Å². The van der Waals surface area contributed by atoms with Crippen molar-refractivity contribution in [1.29, 1.82) is 0 Å². The summed E-state index contributed by atoms with van der Waals surface area (Å²) >= 11 is 0. The fourth-order valence-corrected chi connectivity index (χ4v) is 1.18. The summed E-state index contributed by atoms with van der Waals surface area (Å²) in [6.45, 7) is 2.16. The monoisotopic (exact) mass is 179 g/mol. The number of pyridine rings is 1. The lowest BCUT2D eigenvalue weighted by atomic mass is 10.1. The van der Waals surface area contributed by atoms with Crippen LogP contribution in [0.3, 0.4) is 0 Å². The van der Waals surface area contributed by atoms with Crippen LogP contribution in [0.25, 0.3) is 0 Å². The molecule has 0 spiro atoms. The van der Waals surface area contributed by atoms with Crippen molar-refractivity contribution < 1.29 is 0 Å². The maximum Gasteiger partial charge on any atom is 0.126 e. The third-order valence-corrected chi connectivity index (χ3v) is 2.27. The summed E-state index contributed by atoms with van der Waals surface area (Å²) in [5, 5.41) is 3.19. The van der Waals surface area contributed by atoms with E-state index in [0.29, 0.717) is 11.9 Å². The Morgan fingerprint density at radius 1 is 1.62 bits per heavy atom. The Morgan fingerprint density at radius 2 is 2.38 bits per heavy atom. The molecule has 1 aromatic heterocycles. The molecule has 3 nitrogen and oxygen atoms in total. The molecular weight excluding hydrogens is 162 g/mol. The van der Waals surface area contributed by atoms with Gasteiger partial charge in [-0.15, -0.1) is 0 Å². The van der Waals surface area contributed by atoms with Crippen LogP contribution in [0.1, 0.15) is 18.9 Å². The second kappa shape index (κ2) is 4.82. The smallest absolute Gasteiger partial charge is 0.126 e. The van der Waals surface area contributed by atoms with E-state index >= 15 is 0 Å². The zero-order valence-electron chi connectivity index (χ0n) is 8.25. The largest absolute Gasteiger partial charge is 0.383 e. The quantitative estimate of drug-likeness (QED) is 0.730. The molecule has 3 N–H and O–H groups in total. The Labute approximate surface area is 79.4 Å². The molecule has 0 saturated carbocycles. The lowest BCUT2D eigenvalue weighted by Crippen LogP contribution is -2.21. The van der Waals surface area contributed by atoms with Gasteiger partial charge in [-0.05, 0) is 38.4 Å². The fraction of sp³-hybridized carbons (Fsp3) is 0.500. The summed E-state index contributed by atoms with van der Waals surface area (Å²) in [6.07, 6.45) is 3.80. The number of nitrogen functional groups attached to an aromatic ring is 1. The van der Waals surface area contributed by atoms with Crippen LogP contribution in [-0.2, 0) is 6.42 Å². The molecule has 0 fully saturated rings. The van der Waals surface area contributed by atoms with Gasteiger partial charge in [-0.3, -0.25) is 0 Å². The second-order valence-corrected chi connectivity index (χ2v) is 3.28. The summed E-state index contributed by atoms with van der Waals surface area (Å²) in [5.41, 5.74) is 6.86. The van der Waals surface area contributed by atoms with Crippen molar-refractivity contribution in [3.05, 3.63) is 23.9 Å². The van der Waals surface area contributed by atoms with E-state index in [-0.39, 0.29) is 0 Å². The van der Waals surface area contributed by atoms with E-state index in [0.717, 1.165) is 18.4 Å². The number of nitrogens with one attached hydrogen (secondary N) is 1. The number of hydrogen-bond acceptors (Lipinski definition) is 3. The number of nitrogens with two attached hydrogens (primary N) is 1. The van der Waals surface area contributed by atoms with Gasteiger partial charge in [0.15, 0.2) is 0 Å². The standard InChI is InChI=1S/C10H17N3/c1-8(12-2)5-6-9-4-3-7-13-10(9)11/h3-4,7-8,12H,5-6H2,1-2H3,(H2,11,13). The van der Waals surface area contributed by atoms with Gasteiger partial charge in [-0.2, -0.15) is 0 Å². The number of aryl methyl sites for hydroxylation is 1. The summed E-state index contributed by atoms with van der Waals surface area (Å²) in [5.74, 6) is 0.658. The molecular formula is C10H17N3. The molecule has 1 aromatic rings. The topological polar surface area (TPSA) is 50.9 Å². The van der Waals surface area contributed by atoms with Crippen LogP contribution in [0.4, 0.5) is 5.82 Å². The Hall–Kier alpha value is -1.09. The zero-order chi connectivity index (χ0) is 9.68. The van der Waals surface area contributed by atoms with Gasteiger partial charge in [-0.25, -0.2) is 4.98 Å². The van der Waals surface area contributed by atoms with Crippen LogP contribution in [-0.4, -0.2) is 18.1 Å². The van der Waals surface area contributed by atoms with Crippen LogP contribution in [0.2, 0.25) is 0 Å². The minimum atomic E-state index is 0.527.